The van der Waals surface area contributed by atoms with E-state index >= 15 is 0 Å². The molecule has 2 aliphatic rings. The molecule has 0 radical (unpaired) electrons. The lowest BCUT2D eigenvalue weighted by molar-refractivity contribution is 0.116. The van der Waals surface area contributed by atoms with Crippen molar-refractivity contribution in [3.63, 3.8) is 0 Å². The topological polar surface area (TPSA) is 42.9 Å². The lowest BCUT2D eigenvalue weighted by Crippen LogP contribution is -2.56. The van der Waals surface area contributed by atoms with Crippen LogP contribution in [0.1, 0.15) is 32.6 Å². The Labute approximate surface area is 153 Å². The number of nitrogens with zero attached hydrogens (tertiary/aromatic N) is 3. The first-order chi connectivity index (χ1) is 10.1. The average molecular weight is 423 g/mol. The lowest BCUT2D eigenvalue weighted by atomic mass is 9.87. The third-order valence-corrected chi connectivity index (χ3v) is 4.99. The third-order valence-electron chi connectivity index (χ3n) is 4.99. The number of nitrogens with one attached hydrogen (secondary N) is 2. The van der Waals surface area contributed by atoms with Crippen molar-refractivity contribution in [3.8, 4) is 0 Å². The van der Waals surface area contributed by atoms with Crippen LogP contribution in [0.4, 0.5) is 0 Å². The van der Waals surface area contributed by atoms with Crippen LogP contribution in [-0.2, 0) is 0 Å². The van der Waals surface area contributed by atoms with Crippen molar-refractivity contribution < 1.29 is 0 Å². The summed E-state index contributed by atoms with van der Waals surface area (Å²) in [5.41, 5.74) is 0. The summed E-state index contributed by atoms with van der Waals surface area (Å²) in [7, 11) is 6.30. The van der Waals surface area contributed by atoms with Crippen molar-refractivity contribution in [2.45, 2.75) is 44.7 Å². The first-order valence-electron chi connectivity index (χ1n) is 8.44. The maximum absolute atomic E-state index is 4.40. The second kappa shape index (κ2) is 9.93. The first-order valence-corrected chi connectivity index (χ1v) is 8.44. The van der Waals surface area contributed by atoms with E-state index < -0.39 is 0 Å². The molecule has 2 rings (SSSR count). The first kappa shape index (κ1) is 20.0. The fraction of sp³-hybridized carbons (Fsp3) is 0.938. The molecule has 5 nitrogen and oxygen atoms in total. The third kappa shape index (κ3) is 6.20. The van der Waals surface area contributed by atoms with E-state index in [1.54, 1.807) is 0 Å². The van der Waals surface area contributed by atoms with Crippen LogP contribution in [0.5, 0.6) is 0 Å². The molecule has 0 aromatic heterocycles. The highest BCUT2D eigenvalue weighted by Gasteiger charge is 2.23. The van der Waals surface area contributed by atoms with E-state index in [-0.39, 0.29) is 24.0 Å². The SMILES string of the molecule is CN=C(NCC1CN(C)CCN1C)NC1CCCC(C)C1.I. The summed E-state index contributed by atoms with van der Waals surface area (Å²) < 4.78 is 0. The maximum Gasteiger partial charge on any atom is 0.191 e. The van der Waals surface area contributed by atoms with Crippen LogP contribution in [0.25, 0.3) is 0 Å². The van der Waals surface area contributed by atoms with Crippen LogP contribution in [0.2, 0.25) is 0 Å². The van der Waals surface area contributed by atoms with E-state index in [9.17, 15) is 0 Å². The zero-order valence-corrected chi connectivity index (χ0v) is 17.0. The van der Waals surface area contributed by atoms with Crippen molar-refractivity contribution in [1.29, 1.82) is 0 Å². The van der Waals surface area contributed by atoms with Gasteiger partial charge in [-0.15, -0.1) is 24.0 Å². The number of halogens is 1. The van der Waals surface area contributed by atoms with Gasteiger partial charge in [0.15, 0.2) is 5.96 Å². The van der Waals surface area contributed by atoms with Crippen molar-refractivity contribution in [2.75, 3.05) is 47.3 Å². The second-order valence-corrected chi connectivity index (χ2v) is 6.96. The molecule has 0 aromatic rings. The van der Waals surface area contributed by atoms with E-state index in [2.05, 4.69) is 46.4 Å². The number of piperazine rings is 1. The van der Waals surface area contributed by atoms with Crippen LogP contribution in [0.3, 0.4) is 0 Å². The van der Waals surface area contributed by atoms with E-state index in [1.165, 1.54) is 32.2 Å². The zero-order valence-electron chi connectivity index (χ0n) is 14.6. The van der Waals surface area contributed by atoms with Crippen molar-refractivity contribution >= 4 is 29.9 Å². The maximum atomic E-state index is 4.40. The number of aliphatic imine (C=N–C) groups is 1. The highest BCUT2D eigenvalue weighted by Crippen LogP contribution is 2.23. The number of hydrogen-bond donors (Lipinski definition) is 2. The molecule has 6 heteroatoms. The van der Waals surface area contributed by atoms with Gasteiger partial charge in [0.05, 0.1) is 0 Å². The molecule has 0 spiro atoms. The summed E-state index contributed by atoms with van der Waals surface area (Å²) >= 11 is 0. The highest BCUT2D eigenvalue weighted by atomic mass is 127. The predicted molar refractivity (Wildman–Crippen MR) is 105 cm³/mol. The molecule has 22 heavy (non-hydrogen) atoms. The molecule has 130 valence electrons. The van der Waals surface area contributed by atoms with Gasteiger partial charge in [0.1, 0.15) is 0 Å². The van der Waals surface area contributed by atoms with Gasteiger partial charge in [-0.25, -0.2) is 0 Å². The Morgan fingerprint density at radius 2 is 2.00 bits per heavy atom. The zero-order chi connectivity index (χ0) is 15.2. The highest BCUT2D eigenvalue weighted by molar-refractivity contribution is 14.0. The van der Waals surface area contributed by atoms with Gasteiger partial charge >= 0.3 is 0 Å². The summed E-state index contributed by atoms with van der Waals surface area (Å²) in [4.78, 5) is 9.25. The van der Waals surface area contributed by atoms with Gasteiger partial charge in [0, 0.05) is 45.3 Å². The fourth-order valence-electron chi connectivity index (χ4n) is 3.49. The predicted octanol–water partition coefficient (Wildman–Crippen LogP) is 1.59. The summed E-state index contributed by atoms with van der Waals surface area (Å²) in [6, 6.07) is 1.15. The molecule has 1 saturated heterocycles. The monoisotopic (exact) mass is 423 g/mol. The summed E-state index contributed by atoms with van der Waals surface area (Å²) in [5, 5.41) is 7.13. The van der Waals surface area contributed by atoms with Crippen LogP contribution in [0, 0.1) is 5.92 Å². The normalized spacial score (nSPS) is 31.5. The van der Waals surface area contributed by atoms with Crippen molar-refractivity contribution in [3.05, 3.63) is 0 Å². The van der Waals surface area contributed by atoms with Crippen molar-refractivity contribution in [2.24, 2.45) is 10.9 Å². The smallest absolute Gasteiger partial charge is 0.191 e. The standard InChI is InChI=1S/C16H33N5.HI/c1-13-6-5-7-14(10-13)19-16(17-2)18-11-15-12-20(3)8-9-21(15)4;/h13-15H,5-12H2,1-4H3,(H2,17,18,19);1H. The molecule has 1 aliphatic heterocycles. The van der Waals surface area contributed by atoms with Crippen LogP contribution in [0.15, 0.2) is 4.99 Å². The molecule has 1 heterocycles. The van der Waals surface area contributed by atoms with E-state index in [4.69, 9.17) is 0 Å². The average Bonchev–Trinajstić information content (AvgIpc) is 2.46. The van der Waals surface area contributed by atoms with Gasteiger partial charge in [0.25, 0.3) is 0 Å². The van der Waals surface area contributed by atoms with Gasteiger partial charge in [-0.2, -0.15) is 0 Å². The number of hydrogen-bond acceptors (Lipinski definition) is 3. The molecule has 0 bridgehead atoms. The Balaban J connectivity index is 0.00000242. The van der Waals surface area contributed by atoms with Gasteiger partial charge < -0.3 is 15.5 Å². The lowest BCUT2D eigenvalue weighted by Gasteiger charge is -2.38. The molecular formula is C16H34IN5. The summed E-state index contributed by atoms with van der Waals surface area (Å²) in [6.07, 6.45) is 5.26. The molecule has 2 N–H and O–H groups in total. The number of likely N-dealkylation sites (N-methyl/N-ethyl adjacent to an activating group) is 2. The molecule has 0 aromatic carbocycles. The Kier molecular flexibility index (Phi) is 9.01. The van der Waals surface area contributed by atoms with Crippen LogP contribution in [-0.4, -0.2) is 75.2 Å². The van der Waals surface area contributed by atoms with E-state index in [0.717, 1.165) is 31.5 Å². The number of guanidine groups is 1. The Hall–Kier alpha value is -0.0800. The second-order valence-electron chi connectivity index (χ2n) is 6.96. The molecule has 3 atom stereocenters. The van der Waals surface area contributed by atoms with Crippen LogP contribution < -0.4 is 10.6 Å². The minimum Gasteiger partial charge on any atom is -0.355 e. The Morgan fingerprint density at radius 1 is 1.23 bits per heavy atom. The molecule has 1 saturated carbocycles. The van der Waals surface area contributed by atoms with Crippen LogP contribution >= 0.6 is 24.0 Å². The van der Waals surface area contributed by atoms with Gasteiger partial charge in [-0.3, -0.25) is 9.89 Å². The molecule has 2 fully saturated rings. The summed E-state index contributed by atoms with van der Waals surface area (Å²) in [6.45, 7) is 6.76. The summed E-state index contributed by atoms with van der Waals surface area (Å²) in [5.74, 6) is 1.81. The quantitative estimate of drug-likeness (QED) is 0.411. The van der Waals surface area contributed by atoms with E-state index in [0.29, 0.717) is 12.1 Å². The largest absolute Gasteiger partial charge is 0.355 e. The number of rotatable bonds is 3. The minimum absolute atomic E-state index is 0. The van der Waals surface area contributed by atoms with Gasteiger partial charge in [-0.1, -0.05) is 19.8 Å². The molecular weight excluding hydrogens is 389 g/mol. The Bertz CT molecular complexity index is 349. The fourth-order valence-corrected chi connectivity index (χ4v) is 3.49. The minimum atomic E-state index is 0. The molecule has 3 unspecified atom stereocenters. The molecule has 0 amide bonds. The van der Waals surface area contributed by atoms with Crippen molar-refractivity contribution in [1.82, 2.24) is 20.4 Å². The van der Waals surface area contributed by atoms with Gasteiger partial charge in [-0.05, 0) is 32.9 Å². The molecule has 1 aliphatic carbocycles. The van der Waals surface area contributed by atoms with Gasteiger partial charge in [0.2, 0.25) is 0 Å². The Morgan fingerprint density at radius 3 is 2.68 bits per heavy atom. The van der Waals surface area contributed by atoms with E-state index in [1.807, 2.05) is 7.05 Å².